The van der Waals surface area contributed by atoms with Crippen molar-refractivity contribution < 1.29 is 9.53 Å². The maximum atomic E-state index is 12.9. The maximum absolute atomic E-state index is 12.9. The molecule has 6 heteroatoms. The van der Waals surface area contributed by atoms with E-state index in [1.165, 1.54) is 5.56 Å². The monoisotopic (exact) mass is 366 g/mol. The number of benzene rings is 1. The molecule has 2 aromatic rings. The van der Waals surface area contributed by atoms with Crippen LogP contribution >= 0.6 is 0 Å². The number of fused-ring (bicyclic) bond motifs is 1. The van der Waals surface area contributed by atoms with Crippen LogP contribution in [0, 0.1) is 5.92 Å². The molecule has 2 aliphatic rings. The van der Waals surface area contributed by atoms with Crippen molar-refractivity contribution in [2.75, 3.05) is 31.6 Å². The number of carbonyl (C=O) groups excluding carboxylic acids is 1. The molecule has 2 aliphatic heterocycles. The lowest BCUT2D eigenvalue weighted by Gasteiger charge is -2.38. The first-order valence-corrected chi connectivity index (χ1v) is 9.69. The van der Waals surface area contributed by atoms with E-state index in [9.17, 15) is 4.79 Å². The summed E-state index contributed by atoms with van der Waals surface area (Å²) in [5, 5.41) is 0. The largest absolute Gasteiger partial charge is 0.494 e. The molecule has 2 fully saturated rings. The van der Waals surface area contributed by atoms with E-state index in [0.29, 0.717) is 18.1 Å². The van der Waals surface area contributed by atoms with Crippen LogP contribution in [0.1, 0.15) is 24.8 Å². The van der Waals surface area contributed by atoms with Crippen LogP contribution in [0.3, 0.4) is 0 Å². The van der Waals surface area contributed by atoms with Crippen molar-refractivity contribution in [2.45, 2.75) is 31.7 Å². The van der Waals surface area contributed by atoms with Gasteiger partial charge in [-0.1, -0.05) is 30.3 Å². The number of aromatic nitrogens is 2. The van der Waals surface area contributed by atoms with Gasteiger partial charge in [0.05, 0.1) is 25.5 Å². The SMILES string of the molecule is COc1cnc(N2CCC3CCN(C(=O)CCc4ccccc4)C3C2)nc1. The Bertz CT molecular complexity index is 766. The molecule has 0 aliphatic carbocycles. The quantitative estimate of drug-likeness (QED) is 0.814. The van der Waals surface area contributed by atoms with Gasteiger partial charge < -0.3 is 14.5 Å². The zero-order chi connectivity index (χ0) is 18.6. The van der Waals surface area contributed by atoms with Gasteiger partial charge in [-0.2, -0.15) is 0 Å². The molecule has 1 aromatic carbocycles. The van der Waals surface area contributed by atoms with E-state index in [2.05, 4.69) is 31.9 Å². The number of nitrogens with zero attached hydrogens (tertiary/aromatic N) is 4. The fraction of sp³-hybridized carbons (Fsp3) is 0.476. The van der Waals surface area contributed by atoms with Crippen LogP contribution in [0.4, 0.5) is 5.95 Å². The number of hydrogen-bond donors (Lipinski definition) is 0. The van der Waals surface area contributed by atoms with Gasteiger partial charge in [0.1, 0.15) is 0 Å². The lowest BCUT2D eigenvalue weighted by Crippen LogP contribution is -2.50. The minimum Gasteiger partial charge on any atom is -0.494 e. The number of rotatable bonds is 5. The summed E-state index contributed by atoms with van der Waals surface area (Å²) in [6, 6.07) is 10.5. The molecule has 0 radical (unpaired) electrons. The molecule has 2 unspecified atom stereocenters. The highest BCUT2D eigenvalue weighted by atomic mass is 16.5. The predicted octanol–water partition coefficient (Wildman–Crippen LogP) is 2.55. The Morgan fingerprint density at radius 1 is 1.15 bits per heavy atom. The van der Waals surface area contributed by atoms with Crippen molar-refractivity contribution in [2.24, 2.45) is 5.92 Å². The Labute approximate surface area is 160 Å². The molecular formula is C21H26N4O2. The standard InChI is InChI=1S/C21H26N4O2/c1-27-18-13-22-21(23-14-18)24-11-9-17-10-12-25(19(17)15-24)20(26)8-7-16-5-3-2-4-6-16/h2-6,13-14,17,19H,7-12,15H2,1H3. The summed E-state index contributed by atoms with van der Waals surface area (Å²) in [5.74, 6) is 2.24. The Morgan fingerprint density at radius 2 is 1.89 bits per heavy atom. The molecule has 0 saturated carbocycles. The lowest BCUT2D eigenvalue weighted by molar-refractivity contribution is -0.132. The summed E-state index contributed by atoms with van der Waals surface area (Å²) in [4.78, 5) is 26.0. The van der Waals surface area contributed by atoms with Gasteiger partial charge in [0.25, 0.3) is 0 Å². The van der Waals surface area contributed by atoms with Crippen LogP contribution < -0.4 is 9.64 Å². The Balaban J connectivity index is 1.39. The third-order valence-corrected chi connectivity index (χ3v) is 5.79. The molecule has 3 heterocycles. The normalized spacial score (nSPS) is 21.8. The molecule has 27 heavy (non-hydrogen) atoms. The molecule has 1 amide bonds. The number of ether oxygens (including phenoxy) is 1. The second-order valence-electron chi connectivity index (χ2n) is 7.35. The average molecular weight is 366 g/mol. The van der Waals surface area contributed by atoms with Crippen LogP contribution in [-0.4, -0.2) is 53.6 Å². The molecule has 0 spiro atoms. The van der Waals surface area contributed by atoms with E-state index in [-0.39, 0.29) is 11.9 Å². The summed E-state index contributed by atoms with van der Waals surface area (Å²) < 4.78 is 5.14. The van der Waals surface area contributed by atoms with Gasteiger partial charge in [-0.25, -0.2) is 9.97 Å². The number of anilines is 1. The third kappa shape index (κ3) is 3.89. The number of methoxy groups -OCH3 is 1. The summed E-state index contributed by atoms with van der Waals surface area (Å²) in [7, 11) is 1.61. The van der Waals surface area contributed by atoms with Crippen molar-refractivity contribution in [1.29, 1.82) is 0 Å². The maximum Gasteiger partial charge on any atom is 0.225 e. The van der Waals surface area contributed by atoms with Crippen LogP contribution in [0.5, 0.6) is 5.75 Å². The van der Waals surface area contributed by atoms with E-state index >= 15 is 0 Å². The molecule has 4 rings (SSSR count). The fourth-order valence-electron chi connectivity index (χ4n) is 4.25. The predicted molar refractivity (Wildman–Crippen MR) is 104 cm³/mol. The molecular weight excluding hydrogens is 340 g/mol. The highest BCUT2D eigenvalue weighted by Crippen LogP contribution is 2.33. The Kier molecular flexibility index (Phi) is 5.23. The van der Waals surface area contributed by atoms with Crippen molar-refractivity contribution in [1.82, 2.24) is 14.9 Å². The molecule has 6 nitrogen and oxygen atoms in total. The molecule has 142 valence electrons. The first kappa shape index (κ1) is 17.8. The molecule has 1 aromatic heterocycles. The van der Waals surface area contributed by atoms with Crippen LogP contribution in [0.2, 0.25) is 0 Å². The first-order chi connectivity index (χ1) is 13.2. The van der Waals surface area contributed by atoms with E-state index < -0.39 is 0 Å². The van der Waals surface area contributed by atoms with Crippen LogP contribution in [-0.2, 0) is 11.2 Å². The zero-order valence-corrected chi connectivity index (χ0v) is 15.8. The molecule has 2 saturated heterocycles. The average Bonchev–Trinajstić information content (AvgIpc) is 3.16. The summed E-state index contributed by atoms with van der Waals surface area (Å²) in [6.07, 6.45) is 6.98. The van der Waals surface area contributed by atoms with E-state index in [4.69, 9.17) is 4.74 Å². The van der Waals surface area contributed by atoms with Gasteiger partial charge in [-0.15, -0.1) is 0 Å². The van der Waals surface area contributed by atoms with Crippen molar-refractivity contribution in [3.05, 3.63) is 48.3 Å². The molecule has 0 N–H and O–H groups in total. The van der Waals surface area contributed by atoms with Gasteiger partial charge in [0, 0.05) is 26.1 Å². The van der Waals surface area contributed by atoms with E-state index in [1.807, 2.05) is 18.2 Å². The summed E-state index contributed by atoms with van der Waals surface area (Å²) in [6.45, 7) is 2.63. The number of likely N-dealkylation sites (tertiary alicyclic amines) is 1. The number of amides is 1. The van der Waals surface area contributed by atoms with Crippen LogP contribution in [0.15, 0.2) is 42.7 Å². The van der Waals surface area contributed by atoms with Crippen molar-refractivity contribution in [3.63, 3.8) is 0 Å². The highest BCUT2D eigenvalue weighted by Gasteiger charge is 2.40. The number of aryl methyl sites for hydroxylation is 1. The topological polar surface area (TPSA) is 58.6 Å². The lowest BCUT2D eigenvalue weighted by atomic mass is 9.92. The Hall–Kier alpha value is -2.63. The molecule has 0 bridgehead atoms. The smallest absolute Gasteiger partial charge is 0.225 e. The highest BCUT2D eigenvalue weighted by molar-refractivity contribution is 5.77. The van der Waals surface area contributed by atoms with E-state index in [1.54, 1.807) is 19.5 Å². The van der Waals surface area contributed by atoms with Gasteiger partial charge in [0.15, 0.2) is 5.75 Å². The Morgan fingerprint density at radius 3 is 2.63 bits per heavy atom. The fourth-order valence-corrected chi connectivity index (χ4v) is 4.25. The first-order valence-electron chi connectivity index (χ1n) is 9.69. The number of piperidine rings is 1. The summed E-state index contributed by atoms with van der Waals surface area (Å²) >= 11 is 0. The number of carbonyl (C=O) groups is 1. The van der Waals surface area contributed by atoms with Crippen LogP contribution in [0.25, 0.3) is 0 Å². The van der Waals surface area contributed by atoms with E-state index in [0.717, 1.165) is 44.8 Å². The van der Waals surface area contributed by atoms with Gasteiger partial charge in [-0.05, 0) is 30.7 Å². The van der Waals surface area contributed by atoms with Gasteiger partial charge in [0.2, 0.25) is 11.9 Å². The van der Waals surface area contributed by atoms with Crippen molar-refractivity contribution in [3.8, 4) is 5.75 Å². The second kappa shape index (κ2) is 7.94. The van der Waals surface area contributed by atoms with Gasteiger partial charge >= 0.3 is 0 Å². The minimum absolute atomic E-state index is 0.267. The minimum atomic E-state index is 0.267. The number of hydrogen-bond acceptors (Lipinski definition) is 5. The summed E-state index contributed by atoms with van der Waals surface area (Å²) in [5.41, 5.74) is 1.22. The third-order valence-electron chi connectivity index (χ3n) is 5.79. The molecule has 2 atom stereocenters. The van der Waals surface area contributed by atoms with Gasteiger partial charge in [-0.3, -0.25) is 4.79 Å². The second-order valence-corrected chi connectivity index (χ2v) is 7.35. The van der Waals surface area contributed by atoms with Crippen molar-refractivity contribution >= 4 is 11.9 Å². The zero-order valence-electron chi connectivity index (χ0n) is 15.8.